The number of halogens is 4. The Morgan fingerprint density at radius 2 is 1.60 bits per heavy atom. The molecule has 0 saturated heterocycles. The van der Waals surface area contributed by atoms with Gasteiger partial charge in [-0.1, -0.05) is 41.4 Å². The van der Waals surface area contributed by atoms with Crippen molar-refractivity contribution in [3.05, 3.63) is 60.2 Å². The summed E-state index contributed by atoms with van der Waals surface area (Å²) in [4.78, 5) is 21.6. The Labute approximate surface area is 151 Å². The van der Waals surface area contributed by atoms with Crippen LogP contribution in [-0.4, -0.2) is 22.9 Å². The van der Waals surface area contributed by atoms with Gasteiger partial charge >= 0.3 is 12.1 Å². The van der Waals surface area contributed by atoms with Gasteiger partial charge in [-0.15, -0.1) is 0 Å². The van der Waals surface area contributed by atoms with Crippen LogP contribution in [0.2, 0.25) is 0 Å². The Morgan fingerprint density at radius 3 is 2.16 bits per heavy atom. The van der Waals surface area contributed by atoms with E-state index in [1.54, 1.807) is 30.3 Å². The van der Waals surface area contributed by atoms with Crippen molar-refractivity contribution in [3.63, 3.8) is 0 Å². The lowest BCUT2D eigenvalue weighted by Crippen LogP contribution is -2.34. The van der Waals surface area contributed by atoms with E-state index < -0.39 is 22.9 Å². The van der Waals surface area contributed by atoms with Crippen LogP contribution < -0.4 is 15.4 Å². The number of ether oxygens (including phenoxy) is 1. The van der Waals surface area contributed by atoms with Crippen molar-refractivity contribution in [2.45, 2.75) is 10.9 Å². The SMILES string of the molecule is O=C(NC(=O)c1ccccc1)Nc1ccc(OC(F)(F)C(Cl)Cl)cc1. The molecule has 0 unspecified atom stereocenters. The number of benzene rings is 2. The van der Waals surface area contributed by atoms with Crippen molar-refractivity contribution >= 4 is 40.8 Å². The smallest absolute Gasteiger partial charge is 0.428 e. The standard InChI is InChI=1S/C16H12Cl2F2N2O3/c17-14(18)16(19,20)25-12-8-6-11(7-9-12)21-15(24)22-13(23)10-4-2-1-3-5-10/h1-9,14H,(H2,21,22,23,24). The van der Waals surface area contributed by atoms with Crippen LogP contribution in [0.25, 0.3) is 0 Å². The van der Waals surface area contributed by atoms with Crippen LogP contribution in [0.4, 0.5) is 19.3 Å². The van der Waals surface area contributed by atoms with Crippen molar-refractivity contribution in [2.75, 3.05) is 5.32 Å². The summed E-state index contributed by atoms with van der Waals surface area (Å²) in [5, 5.41) is 4.53. The van der Waals surface area contributed by atoms with Crippen molar-refractivity contribution in [2.24, 2.45) is 0 Å². The predicted octanol–water partition coefficient (Wildman–Crippen LogP) is 4.42. The summed E-state index contributed by atoms with van der Waals surface area (Å²) in [5.41, 5.74) is 0.586. The van der Waals surface area contributed by atoms with E-state index in [-0.39, 0.29) is 11.4 Å². The molecule has 0 saturated carbocycles. The van der Waals surface area contributed by atoms with Crippen LogP contribution in [0.5, 0.6) is 5.75 Å². The third-order valence-corrected chi connectivity index (χ3v) is 3.39. The second-order valence-electron chi connectivity index (χ2n) is 4.76. The van der Waals surface area contributed by atoms with Gasteiger partial charge in [0.1, 0.15) is 5.75 Å². The first-order valence-corrected chi connectivity index (χ1v) is 7.77. The van der Waals surface area contributed by atoms with Crippen LogP contribution in [-0.2, 0) is 0 Å². The van der Waals surface area contributed by atoms with Crippen LogP contribution in [0.1, 0.15) is 10.4 Å². The molecule has 0 heterocycles. The zero-order valence-electron chi connectivity index (χ0n) is 12.5. The number of imide groups is 1. The molecule has 2 rings (SSSR count). The second-order valence-corrected chi connectivity index (χ2v) is 5.86. The number of hydrogen-bond acceptors (Lipinski definition) is 3. The molecule has 2 aromatic rings. The first-order chi connectivity index (χ1) is 11.8. The molecule has 0 atom stereocenters. The van der Waals surface area contributed by atoms with E-state index in [1.165, 1.54) is 24.3 Å². The van der Waals surface area contributed by atoms with Gasteiger partial charge < -0.3 is 10.1 Å². The summed E-state index contributed by atoms with van der Waals surface area (Å²) >= 11 is 10.2. The summed E-state index contributed by atoms with van der Waals surface area (Å²) < 4.78 is 30.9. The molecule has 0 aromatic heterocycles. The fraction of sp³-hybridized carbons (Fsp3) is 0.125. The minimum Gasteiger partial charge on any atom is -0.431 e. The third-order valence-electron chi connectivity index (χ3n) is 2.88. The Kier molecular flexibility index (Phi) is 6.17. The maximum Gasteiger partial charge on any atom is 0.428 e. The Morgan fingerprint density at radius 1 is 1.00 bits per heavy atom. The third kappa shape index (κ3) is 5.58. The molecule has 5 nitrogen and oxygen atoms in total. The summed E-state index contributed by atoms with van der Waals surface area (Å²) in [6.45, 7) is 0. The zero-order chi connectivity index (χ0) is 18.4. The summed E-state index contributed by atoms with van der Waals surface area (Å²) in [5.74, 6) is -0.768. The van der Waals surface area contributed by atoms with Gasteiger partial charge in [0, 0.05) is 11.3 Å². The molecule has 2 N–H and O–H groups in total. The number of amides is 3. The van der Waals surface area contributed by atoms with E-state index in [4.69, 9.17) is 23.2 Å². The minimum absolute atomic E-state index is 0.192. The van der Waals surface area contributed by atoms with Gasteiger partial charge in [-0.2, -0.15) is 8.78 Å². The highest BCUT2D eigenvalue weighted by atomic mass is 35.5. The molecule has 25 heavy (non-hydrogen) atoms. The average molecular weight is 389 g/mol. The summed E-state index contributed by atoms with van der Waals surface area (Å²) in [6.07, 6.45) is -3.75. The Hall–Kier alpha value is -2.38. The molecule has 3 amide bonds. The lowest BCUT2D eigenvalue weighted by Gasteiger charge is -2.18. The van der Waals surface area contributed by atoms with Gasteiger partial charge in [-0.05, 0) is 36.4 Å². The molecule has 0 aliphatic carbocycles. The lowest BCUT2D eigenvalue weighted by molar-refractivity contribution is -0.163. The average Bonchev–Trinajstić information content (AvgIpc) is 2.57. The number of nitrogens with one attached hydrogen (secondary N) is 2. The molecule has 0 radical (unpaired) electrons. The van der Waals surface area contributed by atoms with Gasteiger partial charge in [0.05, 0.1) is 0 Å². The first kappa shape index (κ1) is 19.0. The molecular weight excluding hydrogens is 377 g/mol. The fourth-order valence-corrected chi connectivity index (χ4v) is 1.82. The number of hydrogen-bond donors (Lipinski definition) is 2. The zero-order valence-corrected chi connectivity index (χ0v) is 14.0. The van der Waals surface area contributed by atoms with Crippen molar-refractivity contribution < 1.29 is 23.1 Å². The van der Waals surface area contributed by atoms with Gasteiger partial charge in [-0.3, -0.25) is 10.1 Å². The molecule has 0 fully saturated rings. The number of alkyl halides is 4. The van der Waals surface area contributed by atoms with Crippen molar-refractivity contribution in [1.29, 1.82) is 0 Å². The molecule has 2 aromatic carbocycles. The number of anilines is 1. The molecule has 0 aliphatic heterocycles. The maximum absolute atomic E-state index is 13.2. The predicted molar refractivity (Wildman–Crippen MR) is 90.4 cm³/mol. The largest absolute Gasteiger partial charge is 0.431 e. The van der Waals surface area contributed by atoms with Crippen molar-refractivity contribution in [3.8, 4) is 5.75 Å². The molecule has 0 bridgehead atoms. The van der Waals surface area contributed by atoms with E-state index in [2.05, 4.69) is 15.4 Å². The Balaban J connectivity index is 1.92. The highest BCUT2D eigenvalue weighted by Gasteiger charge is 2.40. The number of carbonyl (C=O) groups is 2. The topological polar surface area (TPSA) is 67.4 Å². The highest BCUT2D eigenvalue weighted by Crippen LogP contribution is 2.30. The van der Waals surface area contributed by atoms with Crippen LogP contribution in [0.3, 0.4) is 0 Å². The molecule has 132 valence electrons. The Bertz CT molecular complexity index is 741. The molecule has 0 aliphatic rings. The minimum atomic E-state index is -3.75. The van der Waals surface area contributed by atoms with E-state index in [0.717, 1.165) is 0 Å². The fourth-order valence-electron chi connectivity index (χ4n) is 1.74. The van der Waals surface area contributed by atoms with Crippen LogP contribution in [0, 0.1) is 0 Å². The van der Waals surface area contributed by atoms with E-state index >= 15 is 0 Å². The number of urea groups is 1. The van der Waals surface area contributed by atoms with Crippen molar-refractivity contribution in [1.82, 2.24) is 5.32 Å². The van der Waals surface area contributed by atoms with E-state index in [1.807, 2.05) is 0 Å². The first-order valence-electron chi connectivity index (χ1n) is 6.90. The molecule has 9 heteroatoms. The van der Waals surface area contributed by atoms with Gasteiger partial charge in [0.2, 0.25) is 4.84 Å². The van der Waals surface area contributed by atoms with E-state index in [9.17, 15) is 18.4 Å². The monoisotopic (exact) mass is 388 g/mol. The van der Waals surface area contributed by atoms with Gasteiger partial charge in [0.15, 0.2) is 0 Å². The quantitative estimate of drug-likeness (QED) is 0.744. The second kappa shape index (κ2) is 8.13. The molecule has 0 spiro atoms. The lowest BCUT2D eigenvalue weighted by atomic mass is 10.2. The normalized spacial score (nSPS) is 11.1. The summed E-state index contributed by atoms with van der Waals surface area (Å²) in [6, 6.07) is 12.4. The number of carbonyl (C=O) groups excluding carboxylic acids is 2. The van der Waals surface area contributed by atoms with Gasteiger partial charge in [0.25, 0.3) is 5.91 Å². The summed E-state index contributed by atoms with van der Waals surface area (Å²) in [7, 11) is 0. The van der Waals surface area contributed by atoms with Crippen LogP contribution in [0.15, 0.2) is 54.6 Å². The highest BCUT2D eigenvalue weighted by molar-refractivity contribution is 6.44. The maximum atomic E-state index is 13.2. The molecular formula is C16H12Cl2F2N2O3. The van der Waals surface area contributed by atoms with Gasteiger partial charge in [-0.25, -0.2) is 4.79 Å². The van der Waals surface area contributed by atoms with Crippen LogP contribution >= 0.6 is 23.2 Å². The number of rotatable bonds is 5. The van der Waals surface area contributed by atoms with E-state index in [0.29, 0.717) is 5.56 Å².